The lowest BCUT2D eigenvalue weighted by Gasteiger charge is -2.25. The first-order valence-electron chi connectivity index (χ1n) is 6.08. The summed E-state index contributed by atoms with van der Waals surface area (Å²) in [6.45, 7) is 0. The van der Waals surface area contributed by atoms with E-state index in [1.807, 2.05) is 0 Å². The zero-order chi connectivity index (χ0) is 14.9. The molecule has 0 radical (unpaired) electrons. The number of carbonyl (C=O) groups is 1. The summed E-state index contributed by atoms with van der Waals surface area (Å²) in [5.74, 6) is -0.940. The van der Waals surface area contributed by atoms with Gasteiger partial charge in [-0.15, -0.1) is 0 Å². The maximum atomic E-state index is 11.4. The number of carboxylic acid groups (broad SMARTS) is 1. The highest BCUT2D eigenvalue weighted by atomic mass is 35.5. The van der Waals surface area contributed by atoms with E-state index in [2.05, 4.69) is 5.32 Å². The van der Waals surface area contributed by atoms with E-state index in [4.69, 9.17) is 17.3 Å². The molecule has 1 aliphatic heterocycles. The minimum absolute atomic E-state index is 0.0107. The number of aromatic carboxylic acids is 1. The molecule has 1 aromatic rings. The van der Waals surface area contributed by atoms with Crippen molar-refractivity contribution >= 4 is 38.8 Å². The van der Waals surface area contributed by atoms with Crippen LogP contribution in [0.25, 0.3) is 0 Å². The molecule has 0 aromatic heterocycles. The van der Waals surface area contributed by atoms with Crippen LogP contribution in [0.5, 0.6) is 0 Å². The third-order valence-corrected chi connectivity index (χ3v) is 5.26. The molecule has 4 N–H and O–H groups in total. The zero-order valence-corrected chi connectivity index (χ0v) is 12.2. The van der Waals surface area contributed by atoms with Crippen molar-refractivity contribution in [1.29, 1.82) is 0 Å². The van der Waals surface area contributed by atoms with E-state index in [1.54, 1.807) is 0 Å². The van der Waals surface area contributed by atoms with Gasteiger partial charge in [-0.05, 0) is 25.0 Å². The van der Waals surface area contributed by atoms with Gasteiger partial charge in [0, 0.05) is 11.7 Å². The van der Waals surface area contributed by atoms with Crippen molar-refractivity contribution in [2.24, 2.45) is 0 Å². The van der Waals surface area contributed by atoms with Crippen molar-refractivity contribution in [2.75, 3.05) is 22.6 Å². The Balaban J connectivity index is 2.23. The summed E-state index contributed by atoms with van der Waals surface area (Å²) >= 11 is 6.03. The molecular weight excluding hydrogens is 304 g/mol. The molecule has 6 nitrogen and oxygen atoms in total. The van der Waals surface area contributed by atoms with Gasteiger partial charge in [-0.1, -0.05) is 11.6 Å². The Morgan fingerprint density at radius 2 is 1.95 bits per heavy atom. The van der Waals surface area contributed by atoms with Crippen LogP contribution in [0.4, 0.5) is 11.4 Å². The van der Waals surface area contributed by atoms with Gasteiger partial charge in [-0.2, -0.15) is 0 Å². The van der Waals surface area contributed by atoms with Crippen LogP contribution in [0.1, 0.15) is 23.2 Å². The van der Waals surface area contributed by atoms with E-state index in [-0.39, 0.29) is 39.5 Å². The number of hydrogen-bond acceptors (Lipinski definition) is 5. The van der Waals surface area contributed by atoms with Gasteiger partial charge in [0.2, 0.25) is 0 Å². The van der Waals surface area contributed by atoms with Crippen LogP contribution in [-0.4, -0.2) is 37.0 Å². The van der Waals surface area contributed by atoms with Gasteiger partial charge in [0.15, 0.2) is 0 Å². The summed E-state index contributed by atoms with van der Waals surface area (Å²) in [5, 5.41) is 12.4. The van der Waals surface area contributed by atoms with Gasteiger partial charge in [-0.3, -0.25) is 0 Å². The topological polar surface area (TPSA) is 109 Å². The molecule has 0 unspecified atom stereocenters. The number of carboxylic acids is 1. The maximum absolute atomic E-state index is 11.4. The highest BCUT2D eigenvalue weighted by Gasteiger charge is 2.25. The third-order valence-electron chi connectivity index (χ3n) is 3.25. The number of nitrogens with two attached hydrogens (primary N) is 1. The Kier molecular flexibility index (Phi) is 4.10. The largest absolute Gasteiger partial charge is 0.478 e. The Hall–Kier alpha value is -1.47. The van der Waals surface area contributed by atoms with Crippen LogP contribution in [0.2, 0.25) is 5.02 Å². The van der Waals surface area contributed by atoms with Crippen LogP contribution in [-0.2, 0) is 9.84 Å². The van der Waals surface area contributed by atoms with Gasteiger partial charge in [0.05, 0.1) is 27.8 Å². The predicted octanol–water partition coefficient (Wildman–Crippen LogP) is 1.61. The van der Waals surface area contributed by atoms with Gasteiger partial charge in [-0.25, -0.2) is 13.2 Å². The number of anilines is 2. The SMILES string of the molecule is Nc1cc(Cl)c(NC2CCS(=O)(=O)CC2)c(C(=O)O)c1. The average molecular weight is 319 g/mol. The van der Waals surface area contributed by atoms with E-state index in [9.17, 15) is 18.3 Å². The fourth-order valence-electron chi connectivity index (χ4n) is 2.18. The van der Waals surface area contributed by atoms with E-state index < -0.39 is 15.8 Å². The third kappa shape index (κ3) is 3.34. The number of nitrogen functional groups attached to an aromatic ring is 1. The normalized spacial score (nSPS) is 18.6. The molecule has 110 valence electrons. The lowest BCUT2D eigenvalue weighted by Crippen LogP contribution is -2.32. The van der Waals surface area contributed by atoms with E-state index in [0.717, 1.165) is 0 Å². The molecule has 0 bridgehead atoms. The molecule has 1 heterocycles. The van der Waals surface area contributed by atoms with E-state index in [0.29, 0.717) is 12.8 Å². The standard InChI is InChI=1S/C12H15ClN2O4S/c13-10-6-7(14)5-9(12(16)17)11(10)15-8-1-3-20(18,19)4-2-8/h5-6,8,15H,1-4,14H2,(H,16,17). The first-order chi connectivity index (χ1) is 9.28. The smallest absolute Gasteiger partial charge is 0.337 e. The maximum Gasteiger partial charge on any atom is 0.337 e. The Morgan fingerprint density at radius 1 is 1.35 bits per heavy atom. The van der Waals surface area contributed by atoms with Crippen molar-refractivity contribution in [3.05, 3.63) is 22.7 Å². The van der Waals surface area contributed by atoms with Crippen LogP contribution >= 0.6 is 11.6 Å². The summed E-state index contributed by atoms with van der Waals surface area (Å²) in [6, 6.07) is 2.68. The molecule has 0 amide bonds. The molecule has 1 saturated heterocycles. The minimum atomic E-state index is -2.96. The fourth-order valence-corrected chi connectivity index (χ4v) is 3.96. The number of benzene rings is 1. The van der Waals surface area contributed by atoms with Gasteiger partial charge in [0.25, 0.3) is 0 Å². The monoisotopic (exact) mass is 318 g/mol. The van der Waals surface area contributed by atoms with E-state index in [1.165, 1.54) is 12.1 Å². The van der Waals surface area contributed by atoms with Crippen LogP contribution < -0.4 is 11.1 Å². The molecule has 1 aromatic carbocycles. The quantitative estimate of drug-likeness (QED) is 0.730. The van der Waals surface area contributed by atoms with Crippen molar-refractivity contribution < 1.29 is 18.3 Å². The molecule has 0 spiro atoms. The molecule has 1 fully saturated rings. The van der Waals surface area contributed by atoms with Crippen molar-refractivity contribution in [3.8, 4) is 0 Å². The number of hydrogen-bond donors (Lipinski definition) is 3. The summed E-state index contributed by atoms with van der Waals surface area (Å²) in [4.78, 5) is 11.2. The number of halogens is 1. The minimum Gasteiger partial charge on any atom is -0.478 e. The van der Waals surface area contributed by atoms with Crippen LogP contribution in [0.15, 0.2) is 12.1 Å². The molecule has 8 heteroatoms. The molecule has 0 saturated carbocycles. The first-order valence-corrected chi connectivity index (χ1v) is 8.28. The van der Waals surface area contributed by atoms with Crippen LogP contribution in [0.3, 0.4) is 0 Å². The number of sulfone groups is 1. The number of nitrogens with one attached hydrogen (secondary N) is 1. The average Bonchev–Trinajstić information content (AvgIpc) is 2.34. The lowest BCUT2D eigenvalue weighted by atomic mass is 10.1. The Labute approximate surface area is 121 Å². The van der Waals surface area contributed by atoms with Gasteiger partial charge < -0.3 is 16.2 Å². The van der Waals surface area contributed by atoms with Gasteiger partial charge in [0.1, 0.15) is 9.84 Å². The second-order valence-electron chi connectivity index (χ2n) is 4.80. The zero-order valence-electron chi connectivity index (χ0n) is 10.6. The highest BCUT2D eigenvalue weighted by Crippen LogP contribution is 2.31. The molecule has 20 heavy (non-hydrogen) atoms. The second-order valence-corrected chi connectivity index (χ2v) is 7.51. The van der Waals surface area contributed by atoms with Gasteiger partial charge >= 0.3 is 5.97 Å². The number of rotatable bonds is 3. The van der Waals surface area contributed by atoms with Crippen LogP contribution in [0, 0.1) is 0 Å². The molecule has 0 atom stereocenters. The van der Waals surface area contributed by atoms with Crippen molar-refractivity contribution in [1.82, 2.24) is 0 Å². The second kappa shape index (κ2) is 5.49. The first kappa shape index (κ1) is 14.9. The molecule has 1 aliphatic rings. The molecule has 2 rings (SSSR count). The summed E-state index contributed by atoms with van der Waals surface area (Å²) < 4.78 is 22.7. The lowest BCUT2D eigenvalue weighted by molar-refractivity contribution is 0.0698. The summed E-state index contributed by atoms with van der Waals surface area (Å²) in [5.41, 5.74) is 6.13. The van der Waals surface area contributed by atoms with E-state index >= 15 is 0 Å². The summed E-state index contributed by atoms with van der Waals surface area (Å²) in [7, 11) is -2.96. The molecular formula is C12H15ClN2O4S. The van der Waals surface area contributed by atoms with Crippen molar-refractivity contribution in [2.45, 2.75) is 18.9 Å². The Morgan fingerprint density at radius 3 is 2.50 bits per heavy atom. The van der Waals surface area contributed by atoms with Crippen molar-refractivity contribution in [3.63, 3.8) is 0 Å². The Bertz CT molecular complexity index is 631. The predicted molar refractivity (Wildman–Crippen MR) is 78.1 cm³/mol. The molecule has 0 aliphatic carbocycles. The highest BCUT2D eigenvalue weighted by molar-refractivity contribution is 7.91. The fraction of sp³-hybridized carbons (Fsp3) is 0.417. The summed E-state index contributed by atoms with van der Waals surface area (Å²) in [6.07, 6.45) is 0.865.